The second kappa shape index (κ2) is 8.31. The fraction of sp³-hybridized carbons (Fsp3) is 0.263. The normalized spacial score (nSPS) is 10.5. The van der Waals surface area contributed by atoms with Crippen LogP contribution < -0.4 is 9.47 Å². The number of esters is 1. The molecule has 0 N–H and O–H groups in total. The number of aryl methyl sites for hydroxylation is 1. The lowest BCUT2D eigenvalue weighted by molar-refractivity contribution is 0.0526. The molecule has 0 fully saturated rings. The minimum Gasteiger partial charge on any atom is -0.497 e. The lowest BCUT2D eigenvalue weighted by atomic mass is 10.2. The van der Waals surface area contributed by atoms with E-state index in [0.29, 0.717) is 30.6 Å². The summed E-state index contributed by atoms with van der Waals surface area (Å²) in [6, 6.07) is 9.33. The summed E-state index contributed by atoms with van der Waals surface area (Å²) in [6.07, 6.45) is 2.95. The third kappa shape index (κ3) is 4.60. The zero-order valence-electron chi connectivity index (χ0n) is 15.4. The van der Waals surface area contributed by atoms with Gasteiger partial charge < -0.3 is 14.2 Å². The highest BCUT2D eigenvalue weighted by molar-refractivity contribution is 5.88. The average Bonchev–Trinajstić information content (AvgIpc) is 3.17. The Kier molecular flexibility index (Phi) is 5.65. The van der Waals surface area contributed by atoms with Crippen molar-refractivity contribution in [2.24, 2.45) is 0 Å². The Labute approximate surface area is 156 Å². The van der Waals surface area contributed by atoms with Gasteiger partial charge in [0.25, 0.3) is 5.95 Å². The van der Waals surface area contributed by atoms with E-state index in [1.165, 1.54) is 17.1 Å². The monoisotopic (exact) mass is 368 g/mol. The van der Waals surface area contributed by atoms with Crippen LogP contribution in [0.15, 0.2) is 42.7 Å². The highest BCUT2D eigenvalue weighted by Gasteiger charge is 2.13. The van der Waals surface area contributed by atoms with Crippen molar-refractivity contribution in [2.45, 2.75) is 20.5 Å². The number of hydrogen-bond donors (Lipinski definition) is 0. The van der Waals surface area contributed by atoms with Crippen molar-refractivity contribution in [3.63, 3.8) is 0 Å². The molecule has 0 saturated carbocycles. The van der Waals surface area contributed by atoms with Crippen molar-refractivity contribution in [3.8, 4) is 17.6 Å². The van der Waals surface area contributed by atoms with E-state index >= 15 is 0 Å². The molecule has 8 heteroatoms. The molecular formula is C19H20N4O4. The first-order chi connectivity index (χ1) is 13.1. The Morgan fingerprint density at radius 2 is 1.96 bits per heavy atom. The van der Waals surface area contributed by atoms with Gasteiger partial charge >= 0.3 is 5.97 Å². The molecule has 3 rings (SSSR count). The van der Waals surface area contributed by atoms with Crippen molar-refractivity contribution in [1.29, 1.82) is 0 Å². The Hall–Kier alpha value is -3.42. The molecule has 2 heterocycles. The summed E-state index contributed by atoms with van der Waals surface area (Å²) in [4.78, 5) is 20.5. The number of methoxy groups -OCH3 is 1. The van der Waals surface area contributed by atoms with Crippen LogP contribution in [-0.2, 0) is 11.3 Å². The van der Waals surface area contributed by atoms with Gasteiger partial charge in [-0.15, -0.1) is 0 Å². The molecule has 27 heavy (non-hydrogen) atoms. The van der Waals surface area contributed by atoms with Gasteiger partial charge in [0.15, 0.2) is 0 Å². The van der Waals surface area contributed by atoms with E-state index in [4.69, 9.17) is 14.2 Å². The van der Waals surface area contributed by atoms with Crippen LogP contribution in [0.5, 0.6) is 11.6 Å². The maximum atomic E-state index is 11.8. The van der Waals surface area contributed by atoms with E-state index in [2.05, 4.69) is 15.1 Å². The standard InChI is InChI=1S/C19H20N4O4/c1-4-26-18(24)15-10-20-23(11-15)19-21-13(2)9-17(22-19)27-12-14-5-7-16(25-3)8-6-14/h5-11H,4,12H2,1-3H3. The SMILES string of the molecule is CCOC(=O)c1cnn(-c2nc(C)cc(OCc3ccc(OC)cc3)n2)c1. The van der Waals surface area contributed by atoms with Crippen LogP contribution in [0.4, 0.5) is 0 Å². The number of ether oxygens (including phenoxy) is 3. The van der Waals surface area contributed by atoms with Gasteiger partial charge in [-0.2, -0.15) is 10.1 Å². The van der Waals surface area contributed by atoms with E-state index in [0.717, 1.165) is 17.0 Å². The Morgan fingerprint density at radius 3 is 2.67 bits per heavy atom. The molecule has 0 saturated heterocycles. The van der Waals surface area contributed by atoms with Crippen LogP contribution in [-0.4, -0.2) is 39.4 Å². The van der Waals surface area contributed by atoms with Gasteiger partial charge in [0.05, 0.1) is 25.5 Å². The third-order valence-electron chi connectivity index (χ3n) is 3.66. The average molecular weight is 368 g/mol. The Morgan fingerprint density at radius 1 is 1.19 bits per heavy atom. The molecule has 1 aromatic carbocycles. The van der Waals surface area contributed by atoms with Crippen molar-refractivity contribution >= 4 is 5.97 Å². The summed E-state index contributed by atoms with van der Waals surface area (Å²) < 4.78 is 17.3. The van der Waals surface area contributed by atoms with Crippen molar-refractivity contribution in [3.05, 3.63) is 59.5 Å². The fourth-order valence-electron chi connectivity index (χ4n) is 2.33. The maximum absolute atomic E-state index is 11.8. The number of nitrogens with zero attached hydrogens (tertiary/aromatic N) is 4. The first-order valence-corrected chi connectivity index (χ1v) is 8.42. The van der Waals surface area contributed by atoms with E-state index in [1.807, 2.05) is 31.2 Å². The summed E-state index contributed by atoms with van der Waals surface area (Å²) in [7, 11) is 1.62. The topological polar surface area (TPSA) is 88.4 Å². The number of benzene rings is 1. The van der Waals surface area contributed by atoms with Gasteiger partial charge in [-0.3, -0.25) is 0 Å². The van der Waals surface area contributed by atoms with E-state index in [1.54, 1.807) is 20.1 Å². The lowest BCUT2D eigenvalue weighted by Crippen LogP contribution is -2.06. The van der Waals surface area contributed by atoms with Crippen molar-refractivity contribution in [2.75, 3.05) is 13.7 Å². The molecule has 140 valence electrons. The second-order valence-electron chi connectivity index (χ2n) is 5.68. The van der Waals surface area contributed by atoms with Gasteiger partial charge in [-0.05, 0) is 31.5 Å². The predicted octanol–water partition coefficient (Wildman–Crippen LogP) is 2.74. The molecule has 0 unspecified atom stereocenters. The number of aromatic nitrogens is 4. The van der Waals surface area contributed by atoms with E-state index < -0.39 is 5.97 Å². The van der Waals surface area contributed by atoms with Gasteiger partial charge in [0.2, 0.25) is 5.88 Å². The molecule has 8 nitrogen and oxygen atoms in total. The van der Waals surface area contributed by atoms with Gasteiger partial charge in [0, 0.05) is 18.0 Å². The number of rotatable bonds is 7. The molecule has 0 spiro atoms. The number of carbonyl (C=O) groups excluding carboxylic acids is 1. The second-order valence-corrected chi connectivity index (χ2v) is 5.68. The number of hydrogen-bond acceptors (Lipinski definition) is 7. The van der Waals surface area contributed by atoms with Crippen LogP contribution in [0.25, 0.3) is 5.95 Å². The molecule has 0 bridgehead atoms. The minimum absolute atomic E-state index is 0.300. The van der Waals surface area contributed by atoms with Crippen LogP contribution in [0.2, 0.25) is 0 Å². The van der Waals surface area contributed by atoms with Crippen molar-refractivity contribution < 1.29 is 19.0 Å². The molecule has 3 aromatic rings. The Bertz CT molecular complexity index is 922. The lowest BCUT2D eigenvalue weighted by Gasteiger charge is -2.08. The smallest absolute Gasteiger partial charge is 0.341 e. The van der Waals surface area contributed by atoms with E-state index in [9.17, 15) is 4.79 Å². The molecular weight excluding hydrogens is 348 g/mol. The number of carbonyl (C=O) groups is 1. The minimum atomic E-state index is -0.438. The molecule has 0 aliphatic heterocycles. The van der Waals surface area contributed by atoms with Crippen LogP contribution in [0, 0.1) is 6.92 Å². The largest absolute Gasteiger partial charge is 0.497 e. The fourth-order valence-corrected chi connectivity index (χ4v) is 2.33. The van der Waals surface area contributed by atoms with Crippen LogP contribution in [0.3, 0.4) is 0 Å². The summed E-state index contributed by atoms with van der Waals surface area (Å²) in [5.74, 6) is 1.08. The highest BCUT2D eigenvalue weighted by atomic mass is 16.5. The zero-order chi connectivity index (χ0) is 19.2. The quantitative estimate of drug-likeness (QED) is 0.593. The van der Waals surface area contributed by atoms with Gasteiger partial charge in [-0.1, -0.05) is 12.1 Å². The predicted molar refractivity (Wildman–Crippen MR) is 97.2 cm³/mol. The van der Waals surface area contributed by atoms with Gasteiger partial charge in [-0.25, -0.2) is 14.5 Å². The Balaban J connectivity index is 1.74. The highest BCUT2D eigenvalue weighted by Crippen LogP contribution is 2.16. The molecule has 0 amide bonds. The first kappa shape index (κ1) is 18.4. The van der Waals surface area contributed by atoms with Gasteiger partial charge in [0.1, 0.15) is 12.4 Å². The van der Waals surface area contributed by atoms with Crippen molar-refractivity contribution in [1.82, 2.24) is 19.7 Å². The molecule has 0 atom stereocenters. The molecule has 0 aliphatic carbocycles. The van der Waals surface area contributed by atoms with Crippen LogP contribution >= 0.6 is 0 Å². The molecule has 0 radical (unpaired) electrons. The summed E-state index contributed by atoms with van der Waals surface area (Å²) in [5, 5.41) is 4.13. The van der Waals surface area contributed by atoms with E-state index in [-0.39, 0.29) is 0 Å². The molecule has 0 aliphatic rings. The third-order valence-corrected chi connectivity index (χ3v) is 3.66. The first-order valence-electron chi connectivity index (χ1n) is 8.42. The summed E-state index contributed by atoms with van der Waals surface area (Å²) in [6.45, 7) is 4.24. The zero-order valence-corrected chi connectivity index (χ0v) is 15.4. The van der Waals surface area contributed by atoms with Crippen LogP contribution in [0.1, 0.15) is 28.5 Å². The summed E-state index contributed by atoms with van der Waals surface area (Å²) in [5.41, 5.74) is 2.04. The maximum Gasteiger partial charge on any atom is 0.341 e. The summed E-state index contributed by atoms with van der Waals surface area (Å²) >= 11 is 0. The molecule has 2 aromatic heterocycles.